The topological polar surface area (TPSA) is 70.7 Å². The summed E-state index contributed by atoms with van der Waals surface area (Å²) < 4.78 is 5.81. The number of anilines is 2. The summed E-state index contributed by atoms with van der Waals surface area (Å²) in [5.74, 6) is -0.0548. The summed E-state index contributed by atoms with van der Waals surface area (Å²) in [5, 5.41) is 0.653. The van der Waals surface area contributed by atoms with Gasteiger partial charge in [0.2, 0.25) is 11.8 Å². The molecule has 1 atom stereocenters. The number of rotatable bonds is 7. The van der Waals surface area contributed by atoms with E-state index in [4.69, 9.17) is 16.3 Å². The van der Waals surface area contributed by atoms with Crippen LogP contribution in [0.3, 0.4) is 0 Å². The van der Waals surface area contributed by atoms with E-state index < -0.39 is 5.92 Å². The monoisotopic (exact) mass is 435 g/mol. The predicted molar refractivity (Wildman–Crippen MR) is 121 cm³/mol. The number of benzene rings is 3. The van der Waals surface area contributed by atoms with Crippen LogP contribution in [-0.4, -0.2) is 18.4 Å². The van der Waals surface area contributed by atoms with Crippen molar-refractivity contribution in [3.8, 4) is 5.75 Å². The lowest BCUT2D eigenvalue weighted by Crippen LogP contribution is -2.36. The Balaban J connectivity index is 1.31. The van der Waals surface area contributed by atoms with Crippen LogP contribution in [0.25, 0.3) is 0 Å². The molecule has 7 heteroatoms. The highest BCUT2D eigenvalue weighted by atomic mass is 35.5. The molecule has 1 aliphatic heterocycles. The van der Waals surface area contributed by atoms with Crippen molar-refractivity contribution in [2.75, 3.05) is 16.9 Å². The van der Waals surface area contributed by atoms with Gasteiger partial charge < -0.3 is 9.64 Å². The Kier molecular flexibility index (Phi) is 6.38. The second-order valence-electron chi connectivity index (χ2n) is 7.26. The summed E-state index contributed by atoms with van der Waals surface area (Å²) in [5.41, 5.74) is 7.98. The zero-order chi connectivity index (χ0) is 21.6. The predicted octanol–water partition coefficient (Wildman–Crippen LogP) is 4.42. The van der Waals surface area contributed by atoms with E-state index in [1.807, 2.05) is 72.8 Å². The third-order valence-corrected chi connectivity index (χ3v) is 5.45. The van der Waals surface area contributed by atoms with E-state index in [2.05, 4.69) is 10.9 Å². The Morgan fingerprint density at radius 1 is 1.03 bits per heavy atom. The van der Waals surface area contributed by atoms with Gasteiger partial charge in [0, 0.05) is 35.3 Å². The maximum atomic E-state index is 12.6. The van der Waals surface area contributed by atoms with E-state index in [-0.39, 0.29) is 18.2 Å². The first-order chi connectivity index (χ1) is 15.1. The molecule has 4 rings (SSSR count). The molecule has 0 radical (unpaired) electrons. The third kappa shape index (κ3) is 5.16. The molecule has 0 saturated carbocycles. The number of amides is 2. The number of nitrogens with one attached hydrogen (secondary N) is 2. The fourth-order valence-corrected chi connectivity index (χ4v) is 3.61. The average molecular weight is 436 g/mol. The van der Waals surface area contributed by atoms with Gasteiger partial charge in [-0.25, -0.2) is 0 Å². The molecule has 0 bridgehead atoms. The Morgan fingerprint density at radius 2 is 1.81 bits per heavy atom. The van der Waals surface area contributed by atoms with Gasteiger partial charge in [-0.15, -0.1) is 0 Å². The van der Waals surface area contributed by atoms with E-state index in [1.54, 1.807) is 11.0 Å². The molecule has 1 fully saturated rings. The quantitative estimate of drug-likeness (QED) is 0.539. The molecule has 3 aromatic carbocycles. The van der Waals surface area contributed by atoms with E-state index >= 15 is 0 Å². The molecule has 2 amide bonds. The smallest absolute Gasteiger partial charge is 0.243 e. The van der Waals surface area contributed by atoms with Gasteiger partial charge in [0.15, 0.2) is 0 Å². The number of para-hydroxylation sites is 1. The van der Waals surface area contributed by atoms with Crippen molar-refractivity contribution in [2.45, 2.75) is 13.0 Å². The average Bonchev–Trinajstić information content (AvgIpc) is 3.19. The summed E-state index contributed by atoms with van der Waals surface area (Å²) >= 11 is 6.16. The van der Waals surface area contributed by atoms with Gasteiger partial charge in [-0.2, -0.15) is 0 Å². The number of carbonyl (C=O) groups is 2. The van der Waals surface area contributed by atoms with Gasteiger partial charge in [0.1, 0.15) is 12.4 Å². The van der Waals surface area contributed by atoms with Crippen LogP contribution in [0.5, 0.6) is 5.75 Å². The molecule has 158 valence electrons. The van der Waals surface area contributed by atoms with E-state index in [9.17, 15) is 9.59 Å². The first-order valence-corrected chi connectivity index (χ1v) is 10.4. The minimum absolute atomic E-state index is 0.0543. The second-order valence-corrected chi connectivity index (χ2v) is 7.67. The van der Waals surface area contributed by atoms with Crippen LogP contribution in [0.1, 0.15) is 12.0 Å². The third-order valence-electron chi connectivity index (χ3n) is 5.08. The Labute approximate surface area is 185 Å². The molecule has 0 aromatic heterocycles. The Bertz CT molecular complexity index is 1070. The van der Waals surface area contributed by atoms with Crippen molar-refractivity contribution in [1.29, 1.82) is 0 Å². The lowest BCUT2D eigenvalue weighted by Gasteiger charge is -2.17. The van der Waals surface area contributed by atoms with Crippen LogP contribution < -0.4 is 20.5 Å². The summed E-state index contributed by atoms with van der Waals surface area (Å²) in [4.78, 5) is 26.5. The van der Waals surface area contributed by atoms with E-state index in [1.165, 1.54) is 0 Å². The zero-order valence-corrected chi connectivity index (χ0v) is 17.5. The second kappa shape index (κ2) is 9.53. The van der Waals surface area contributed by atoms with Crippen molar-refractivity contribution in [3.05, 3.63) is 89.4 Å². The van der Waals surface area contributed by atoms with Crippen LogP contribution in [0.15, 0.2) is 78.9 Å². The molecular weight excluding hydrogens is 414 g/mol. The number of hydrazine groups is 1. The van der Waals surface area contributed by atoms with Crippen LogP contribution >= 0.6 is 11.6 Å². The molecule has 1 heterocycles. The minimum atomic E-state index is -0.417. The summed E-state index contributed by atoms with van der Waals surface area (Å²) in [6, 6.07) is 24.1. The lowest BCUT2D eigenvalue weighted by atomic mass is 10.1. The van der Waals surface area contributed by atoms with Crippen LogP contribution in [-0.2, 0) is 16.2 Å². The largest absolute Gasteiger partial charge is 0.489 e. The van der Waals surface area contributed by atoms with Gasteiger partial charge in [-0.3, -0.25) is 20.4 Å². The van der Waals surface area contributed by atoms with Crippen molar-refractivity contribution in [2.24, 2.45) is 5.92 Å². The molecule has 0 unspecified atom stereocenters. The number of ether oxygens (including phenoxy) is 1. The molecular formula is C24H22ClN3O3. The molecule has 0 spiro atoms. The Hall–Kier alpha value is -3.51. The molecule has 0 aliphatic carbocycles. The van der Waals surface area contributed by atoms with E-state index in [0.29, 0.717) is 29.6 Å². The highest BCUT2D eigenvalue weighted by Gasteiger charge is 2.35. The SMILES string of the molecule is O=C(NNc1cccc(OCc2ccccc2Cl)c1)[C@@H]1CC(=O)N(c2ccccc2)C1. The molecule has 1 saturated heterocycles. The highest BCUT2D eigenvalue weighted by Crippen LogP contribution is 2.25. The lowest BCUT2D eigenvalue weighted by molar-refractivity contribution is -0.125. The molecule has 1 aliphatic rings. The Morgan fingerprint density at radius 3 is 2.61 bits per heavy atom. The normalized spacial score (nSPS) is 15.6. The van der Waals surface area contributed by atoms with Gasteiger partial charge in [0.05, 0.1) is 11.6 Å². The van der Waals surface area contributed by atoms with Crippen LogP contribution in [0.2, 0.25) is 5.02 Å². The first kappa shape index (κ1) is 20.8. The maximum absolute atomic E-state index is 12.6. The number of hydrogen-bond acceptors (Lipinski definition) is 4. The minimum Gasteiger partial charge on any atom is -0.489 e. The van der Waals surface area contributed by atoms with Crippen LogP contribution in [0, 0.1) is 5.92 Å². The highest BCUT2D eigenvalue weighted by molar-refractivity contribution is 6.31. The van der Waals surface area contributed by atoms with Gasteiger partial charge in [-0.05, 0) is 30.3 Å². The number of carbonyl (C=O) groups excluding carboxylic acids is 2. The van der Waals surface area contributed by atoms with Crippen LogP contribution in [0.4, 0.5) is 11.4 Å². The standard InChI is InChI=1S/C24H22ClN3O3/c25-22-12-5-4-7-17(22)16-31-21-11-6-8-19(14-21)26-27-24(30)18-13-23(29)28(15-18)20-9-2-1-3-10-20/h1-12,14,18,26H,13,15-16H2,(H,27,30)/t18-/m1/s1. The fourth-order valence-electron chi connectivity index (χ4n) is 3.42. The maximum Gasteiger partial charge on any atom is 0.243 e. The van der Waals surface area contributed by atoms with Gasteiger partial charge >= 0.3 is 0 Å². The zero-order valence-electron chi connectivity index (χ0n) is 16.8. The first-order valence-electron chi connectivity index (χ1n) is 9.98. The molecule has 2 N–H and O–H groups in total. The number of halogens is 1. The number of nitrogens with zero attached hydrogens (tertiary/aromatic N) is 1. The fraction of sp³-hybridized carbons (Fsp3) is 0.167. The van der Waals surface area contributed by atoms with Crippen molar-refractivity contribution in [1.82, 2.24) is 5.43 Å². The molecule has 31 heavy (non-hydrogen) atoms. The van der Waals surface area contributed by atoms with Crippen molar-refractivity contribution in [3.63, 3.8) is 0 Å². The van der Waals surface area contributed by atoms with Gasteiger partial charge in [0.25, 0.3) is 0 Å². The van der Waals surface area contributed by atoms with Gasteiger partial charge in [-0.1, -0.05) is 54.1 Å². The molecule has 6 nitrogen and oxygen atoms in total. The van der Waals surface area contributed by atoms with Crippen molar-refractivity contribution < 1.29 is 14.3 Å². The summed E-state index contributed by atoms with van der Waals surface area (Å²) in [6.45, 7) is 0.701. The van der Waals surface area contributed by atoms with Crippen molar-refractivity contribution >= 4 is 34.8 Å². The molecule has 3 aromatic rings. The van der Waals surface area contributed by atoms with E-state index in [0.717, 1.165) is 11.3 Å². The summed E-state index contributed by atoms with van der Waals surface area (Å²) in [6.07, 6.45) is 0.184. The number of hydrogen-bond donors (Lipinski definition) is 2. The summed E-state index contributed by atoms with van der Waals surface area (Å²) in [7, 11) is 0.